The van der Waals surface area contributed by atoms with Crippen LogP contribution in [0.5, 0.6) is 5.75 Å². The predicted molar refractivity (Wildman–Crippen MR) is 69.1 cm³/mol. The number of phenols is 1. The molecule has 1 saturated carbocycles. The van der Waals surface area contributed by atoms with Gasteiger partial charge in [0, 0.05) is 12.0 Å². The molecule has 1 amide bonds. The molecule has 0 aliphatic heterocycles. The van der Waals surface area contributed by atoms with Crippen molar-refractivity contribution in [2.24, 2.45) is 5.73 Å². The number of carboxylic acid groups (broad SMARTS) is 1. The van der Waals surface area contributed by atoms with Gasteiger partial charge in [-0.25, -0.2) is 4.79 Å². The van der Waals surface area contributed by atoms with Crippen molar-refractivity contribution in [1.82, 2.24) is 0 Å². The zero-order valence-corrected chi connectivity index (χ0v) is 10.3. The van der Waals surface area contributed by atoms with Gasteiger partial charge in [0.2, 0.25) is 5.91 Å². The maximum Gasteiger partial charge on any atom is 0.337 e. The number of aromatic hydroxyl groups is 1. The average molecular weight is 264 g/mol. The van der Waals surface area contributed by atoms with E-state index >= 15 is 0 Å². The molecule has 1 fully saturated rings. The highest BCUT2D eigenvalue weighted by atomic mass is 16.4. The summed E-state index contributed by atoms with van der Waals surface area (Å²) >= 11 is 0. The number of anilines is 1. The molecule has 1 aromatic rings. The van der Waals surface area contributed by atoms with Gasteiger partial charge in [-0.2, -0.15) is 0 Å². The number of carbonyl (C=O) groups excluding carboxylic acids is 1. The standard InChI is InChI=1S/C13H16N2O4/c14-13(4-1-5-13)7-11(17)15-10-3-2-8(16)6-9(10)12(18)19/h2-3,6,16H,1,4-5,7,14H2,(H,15,17)(H,18,19). The summed E-state index contributed by atoms with van der Waals surface area (Å²) < 4.78 is 0. The summed E-state index contributed by atoms with van der Waals surface area (Å²) in [5.41, 5.74) is 5.53. The summed E-state index contributed by atoms with van der Waals surface area (Å²) in [7, 11) is 0. The van der Waals surface area contributed by atoms with E-state index in [0.29, 0.717) is 0 Å². The molecule has 0 aromatic heterocycles. The number of nitrogens with one attached hydrogen (secondary N) is 1. The van der Waals surface area contributed by atoms with E-state index in [9.17, 15) is 14.7 Å². The fourth-order valence-electron chi connectivity index (χ4n) is 2.14. The number of benzene rings is 1. The quantitative estimate of drug-likeness (QED) is 0.612. The summed E-state index contributed by atoms with van der Waals surface area (Å²) in [5, 5.41) is 20.8. The number of carbonyl (C=O) groups is 2. The highest BCUT2D eigenvalue weighted by molar-refractivity contribution is 6.01. The van der Waals surface area contributed by atoms with Gasteiger partial charge >= 0.3 is 5.97 Å². The first-order chi connectivity index (χ1) is 8.89. The van der Waals surface area contributed by atoms with Gasteiger partial charge in [0.15, 0.2) is 0 Å². The van der Waals surface area contributed by atoms with Crippen LogP contribution in [0.3, 0.4) is 0 Å². The number of hydrogen-bond acceptors (Lipinski definition) is 4. The highest BCUT2D eigenvalue weighted by Crippen LogP contribution is 2.32. The highest BCUT2D eigenvalue weighted by Gasteiger charge is 2.34. The molecule has 1 aliphatic carbocycles. The second kappa shape index (κ2) is 4.89. The minimum absolute atomic E-state index is 0.145. The lowest BCUT2D eigenvalue weighted by molar-refractivity contribution is -0.118. The van der Waals surface area contributed by atoms with Crippen LogP contribution in [0.25, 0.3) is 0 Å². The fourth-order valence-corrected chi connectivity index (χ4v) is 2.14. The molecule has 0 bridgehead atoms. The van der Waals surface area contributed by atoms with Crippen molar-refractivity contribution in [1.29, 1.82) is 0 Å². The van der Waals surface area contributed by atoms with Crippen LogP contribution in [0.1, 0.15) is 36.0 Å². The third-order valence-electron chi connectivity index (χ3n) is 3.37. The number of aromatic carboxylic acids is 1. The van der Waals surface area contributed by atoms with Crippen LogP contribution < -0.4 is 11.1 Å². The first kappa shape index (κ1) is 13.4. The van der Waals surface area contributed by atoms with Crippen LogP contribution in [0.15, 0.2) is 18.2 Å². The van der Waals surface area contributed by atoms with Crippen LogP contribution in [0, 0.1) is 0 Å². The van der Waals surface area contributed by atoms with Gasteiger partial charge in [0.05, 0.1) is 11.3 Å². The lowest BCUT2D eigenvalue weighted by Gasteiger charge is -2.37. The smallest absolute Gasteiger partial charge is 0.337 e. The van der Waals surface area contributed by atoms with Gasteiger partial charge in [-0.1, -0.05) is 0 Å². The van der Waals surface area contributed by atoms with Crippen LogP contribution in [-0.4, -0.2) is 27.6 Å². The summed E-state index contributed by atoms with van der Waals surface area (Å²) in [5.74, 6) is -1.68. The topological polar surface area (TPSA) is 113 Å². The normalized spacial score (nSPS) is 16.5. The molecule has 2 rings (SSSR count). The number of rotatable bonds is 4. The Morgan fingerprint density at radius 3 is 2.58 bits per heavy atom. The molecule has 6 heteroatoms. The van der Waals surface area contributed by atoms with Crippen molar-refractivity contribution in [2.45, 2.75) is 31.2 Å². The largest absolute Gasteiger partial charge is 0.508 e. The van der Waals surface area contributed by atoms with Crippen molar-refractivity contribution < 1.29 is 19.8 Å². The van der Waals surface area contributed by atoms with Gasteiger partial charge < -0.3 is 21.3 Å². The average Bonchev–Trinajstić information content (AvgIpc) is 2.29. The molecule has 0 unspecified atom stereocenters. The second-order valence-electron chi connectivity index (χ2n) is 4.98. The van der Waals surface area contributed by atoms with Gasteiger partial charge in [-0.3, -0.25) is 4.79 Å². The van der Waals surface area contributed by atoms with Gasteiger partial charge in [0.1, 0.15) is 5.75 Å². The van der Waals surface area contributed by atoms with Crippen LogP contribution >= 0.6 is 0 Å². The SMILES string of the molecule is NC1(CC(=O)Nc2ccc(O)cc2C(=O)O)CCC1. The van der Waals surface area contributed by atoms with Crippen LogP contribution in [0.4, 0.5) is 5.69 Å². The Morgan fingerprint density at radius 2 is 2.05 bits per heavy atom. The second-order valence-corrected chi connectivity index (χ2v) is 4.98. The lowest BCUT2D eigenvalue weighted by atomic mass is 9.75. The number of nitrogens with two attached hydrogens (primary N) is 1. The Morgan fingerprint density at radius 1 is 1.37 bits per heavy atom. The Labute approximate surface area is 110 Å². The molecule has 0 heterocycles. The molecule has 0 atom stereocenters. The third-order valence-corrected chi connectivity index (χ3v) is 3.37. The minimum Gasteiger partial charge on any atom is -0.508 e. The molecule has 6 nitrogen and oxygen atoms in total. The maximum absolute atomic E-state index is 11.8. The Balaban J connectivity index is 2.10. The lowest BCUT2D eigenvalue weighted by Crippen LogP contribution is -2.49. The minimum atomic E-state index is -1.21. The van der Waals surface area contributed by atoms with E-state index in [1.54, 1.807) is 0 Å². The van der Waals surface area contributed by atoms with Gasteiger partial charge in [0.25, 0.3) is 0 Å². The molecule has 19 heavy (non-hydrogen) atoms. The van der Waals surface area contributed by atoms with E-state index in [4.69, 9.17) is 10.8 Å². The van der Waals surface area contributed by atoms with E-state index in [1.807, 2.05) is 0 Å². The monoisotopic (exact) mass is 264 g/mol. The molecule has 1 aliphatic rings. The van der Waals surface area contributed by atoms with Crippen molar-refractivity contribution in [3.05, 3.63) is 23.8 Å². The Bertz CT molecular complexity index is 523. The third kappa shape index (κ3) is 3.03. The van der Waals surface area contributed by atoms with E-state index in [1.165, 1.54) is 12.1 Å². The molecule has 0 spiro atoms. The van der Waals surface area contributed by atoms with Crippen LogP contribution in [-0.2, 0) is 4.79 Å². The van der Waals surface area contributed by atoms with Gasteiger partial charge in [-0.05, 0) is 37.5 Å². The summed E-state index contributed by atoms with van der Waals surface area (Å²) in [6.07, 6.45) is 2.81. The Hall–Kier alpha value is -2.08. The maximum atomic E-state index is 11.8. The van der Waals surface area contributed by atoms with Crippen molar-refractivity contribution >= 4 is 17.6 Å². The molecule has 0 radical (unpaired) electrons. The zero-order chi connectivity index (χ0) is 14.0. The molecular weight excluding hydrogens is 248 g/mol. The molecule has 5 N–H and O–H groups in total. The van der Waals surface area contributed by atoms with E-state index in [0.717, 1.165) is 25.3 Å². The van der Waals surface area contributed by atoms with Crippen molar-refractivity contribution in [3.8, 4) is 5.75 Å². The molecule has 1 aromatic carbocycles. The fraction of sp³-hybridized carbons (Fsp3) is 0.385. The molecular formula is C13H16N2O4. The Kier molecular flexibility index (Phi) is 3.44. The van der Waals surface area contributed by atoms with Crippen molar-refractivity contribution in [3.63, 3.8) is 0 Å². The van der Waals surface area contributed by atoms with Crippen LogP contribution in [0.2, 0.25) is 0 Å². The zero-order valence-electron chi connectivity index (χ0n) is 10.3. The molecule has 0 saturated heterocycles. The van der Waals surface area contributed by atoms with Crippen molar-refractivity contribution in [2.75, 3.05) is 5.32 Å². The summed E-state index contributed by atoms with van der Waals surface area (Å²) in [6, 6.07) is 3.78. The summed E-state index contributed by atoms with van der Waals surface area (Å²) in [4.78, 5) is 22.9. The van der Waals surface area contributed by atoms with E-state index < -0.39 is 11.5 Å². The van der Waals surface area contributed by atoms with E-state index in [2.05, 4.69) is 5.32 Å². The number of phenolic OH excluding ortho intramolecular Hbond substituents is 1. The summed E-state index contributed by atoms with van der Waals surface area (Å²) in [6.45, 7) is 0. The first-order valence-corrected chi connectivity index (χ1v) is 6.05. The number of carboxylic acids is 1. The molecule has 102 valence electrons. The van der Waals surface area contributed by atoms with E-state index in [-0.39, 0.29) is 29.3 Å². The predicted octanol–water partition coefficient (Wildman–Crippen LogP) is 1.30. The first-order valence-electron chi connectivity index (χ1n) is 6.05. The van der Waals surface area contributed by atoms with Gasteiger partial charge in [-0.15, -0.1) is 0 Å². The number of amides is 1. The number of hydrogen-bond donors (Lipinski definition) is 4.